The Kier molecular flexibility index (Phi) is 7.25. The van der Waals surface area contributed by atoms with Crippen molar-refractivity contribution in [3.05, 3.63) is 52.1 Å². The molecule has 1 aromatic carbocycles. The predicted molar refractivity (Wildman–Crippen MR) is 116 cm³/mol. The molecule has 2 aromatic rings. The van der Waals surface area contributed by atoms with Crippen LogP contribution in [0.3, 0.4) is 0 Å². The Hall–Kier alpha value is -2.41. The zero-order chi connectivity index (χ0) is 20.8. The van der Waals surface area contributed by atoms with Crippen LogP contribution in [0.25, 0.3) is 0 Å². The monoisotopic (exact) mass is 459 g/mol. The van der Waals surface area contributed by atoms with Crippen LogP contribution in [0.2, 0.25) is 0 Å². The molecule has 3 rings (SSSR count). The van der Waals surface area contributed by atoms with Gasteiger partial charge in [-0.2, -0.15) is 0 Å². The molecule has 0 radical (unpaired) electrons. The zero-order valence-corrected chi connectivity index (χ0v) is 18.4. The number of nitrogens with one attached hydrogen (secondary N) is 1. The summed E-state index contributed by atoms with van der Waals surface area (Å²) in [6, 6.07) is 9.55. The van der Waals surface area contributed by atoms with Crippen LogP contribution >= 0.6 is 15.9 Å². The van der Waals surface area contributed by atoms with Crippen molar-refractivity contribution in [2.45, 2.75) is 32.6 Å². The number of carbonyl (C=O) groups is 2. The van der Waals surface area contributed by atoms with E-state index in [4.69, 9.17) is 4.74 Å². The topological polar surface area (TPSA) is 71.5 Å². The molecule has 6 nitrogen and oxygen atoms in total. The van der Waals surface area contributed by atoms with Crippen LogP contribution in [-0.4, -0.2) is 41.9 Å². The third kappa shape index (κ3) is 5.79. The molecule has 1 unspecified atom stereocenters. The number of aromatic nitrogens is 1. The Morgan fingerprint density at radius 2 is 2.14 bits per heavy atom. The van der Waals surface area contributed by atoms with Gasteiger partial charge in [-0.25, -0.2) is 4.98 Å². The highest BCUT2D eigenvalue weighted by atomic mass is 79.9. The average molecular weight is 460 g/mol. The van der Waals surface area contributed by atoms with Crippen LogP contribution in [0.5, 0.6) is 5.75 Å². The van der Waals surface area contributed by atoms with Gasteiger partial charge in [0, 0.05) is 25.7 Å². The number of aryl methyl sites for hydroxylation is 2. The van der Waals surface area contributed by atoms with Crippen LogP contribution in [-0.2, 0) is 16.0 Å². The van der Waals surface area contributed by atoms with Crippen molar-refractivity contribution in [2.24, 2.45) is 5.92 Å². The molecule has 7 heteroatoms. The minimum atomic E-state index is -0.203. The molecule has 0 aliphatic carbocycles. The first kappa shape index (κ1) is 21.3. The van der Waals surface area contributed by atoms with E-state index in [2.05, 4.69) is 26.2 Å². The fourth-order valence-electron chi connectivity index (χ4n) is 3.46. The number of benzene rings is 1. The van der Waals surface area contributed by atoms with Crippen LogP contribution in [0, 0.1) is 12.8 Å². The van der Waals surface area contributed by atoms with Crippen molar-refractivity contribution in [1.29, 1.82) is 0 Å². The Bertz CT molecular complexity index is 870. The summed E-state index contributed by atoms with van der Waals surface area (Å²) in [5.41, 5.74) is 2.11. The average Bonchev–Trinajstić information content (AvgIpc) is 2.73. The first-order valence-electron chi connectivity index (χ1n) is 9.80. The summed E-state index contributed by atoms with van der Waals surface area (Å²) in [6.45, 7) is 3.12. The maximum atomic E-state index is 12.7. The molecule has 2 amide bonds. The summed E-state index contributed by atoms with van der Waals surface area (Å²) < 4.78 is 6.12. The number of methoxy groups -OCH3 is 1. The normalized spacial score (nSPS) is 16.4. The summed E-state index contributed by atoms with van der Waals surface area (Å²) >= 11 is 3.48. The van der Waals surface area contributed by atoms with Gasteiger partial charge in [0.25, 0.3) is 0 Å². The number of pyridine rings is 1. The number of halogens is 1. The van der Waals surface area contributed by atoms with E-state index in [1.54, 1.807) is 19.4 Å². The Balaban J connectivity index is 1.52. The molecular weight excluding hydrogens is 434 g/mol. The third-order valence-electron chi connectivity index (χ3n) is 5.15. The Morgan fingerprint density at radius 3 is 2.83 bits per heavy atom. The van der Waals surface area contributed by atoms with Gasteiger partial charge < -0.3 is 15.0 Å². The van der Waals surface area contributed by atoms with Crippen LogP contribution in [0.15, 0.2) is 41.0 Å². The number of hydrogen-bond acceptors (Lipinski definition) is 4. The Morgan fingerprint density at radius 1 is 1.31 bits per heavy atom. The summed E-state index contributed by atoms with van der Waals surface area (Å²) in [7, 11) is 1.63. The molecule has 0 spiro atoms. The number of carbonyl (C=O) groups excluding carboxylic acids is 2. The van der Waals surface area contributed by atoms with Crippen molar-refractivity contribution in [3.8, 4) is 5.75 Å². The highest BCUT2D eigenvalue weighted by Crippen LogP contribution is 2.26. The van der Waals surface area contributed by atoms with Gasteiger partial charge >= 0.3 is 0 Å². The van der Waals surface area contributed by atoms with E-state index in [1.165, 1.54) is 0 Å². The summed E-state index contributed by atoms with van der Waals surface area (Å²) in [5, 5.41) is 2.87. The number of amides is 2. The van der Waals surface area contributed by atoms with Gasteiger partial charge in [-0.05, 0) is 71.4 Å². The largest absolute Gasteiger partial charge is 0.496 e. The van der Waals surface area contributed by atoms with E-state index in [0.29, 0.717) is 31.7 Å². The first-order valence-corrected chi connectivity index (χ1v) is 10.6. The fourth-order valence-corrected chi connectivity index (χ4v) is 4.05. The number of hydrogen-bond donors (Lipinski definition) is 1. The van der Waals surface area contributed by atoms with Crippen molar-refractivity contribution in [2.75, 3.05) is 25.5 Å². The number of ether oxygens (including phenoxy) is 1. The first-order chi connectivity index (χ1) is 14.0. The van der Waals surface area contributed by atoms with Gasteiger partial charge in [0.05, 0.1) is 17.5 Å². The van der Waals surface area contributed by atoms with Crippen molar-refractivity contribution < 1.29 is 14.3 Å². The summed E-state index contributed by atoms with van der Waals surface area (Å²) in [6.07, 6.45) is 4.42. The number of likely N-dealkylation sites (tertiary alicyclic amines) is 1. The molecular formula is C22H26BrN3O3. The summed E-state index contributed by atoms with van der Waals surface area (Å²) in [5.74, 6) is 1.13. The van der Waals surface area contributed by atoms with E-state index in [-0.39, 0.29) is 17.7 Å². The second-order valence-corrected chi connectivity index (χ2v) is 8.21. The molecule has 1 N–H and O–H groups in total. The molecule has 1 saturated heterocycles. The van der Waals surface area contributed by atoms with Crippen LogP contribution < -0.4 is 10.1 Å². The highest BCUT2D eigenvalue weighted by Gasteiger charge is 2.28. The lowest BCUT2D eigenvalue weighted by Gasteiger charge is -2.32. The molecule has 1 aliphatic rings. The van der Waals surface area contributed by atoms with Crippen molar-refractivity contribution >= 4 is 33.6 Å². The standard InChI is InChI=1S/C22H26BrN3O3/c1-15-5-9-20(24-13-15)25-22(28)17-4-3-11-26(14-17)21(27)10-7-16-6-8-19(29-2)18(23)12-16/h5-6,8-9,12-13,17H,3-4,7,10-11,14H2,1-2H3,(H,24,25,28). The van der Waals surface area contributed by atoms with E-state index in [1.807, 2.05) is 36.1 Å². The van der Waals surface area contributed by atoms with Crippen molar-refractivity contribution in [1.82, 2.24) is 9.88 Å². The SMILES string of the molecule is COc1ccc(CCC(=O)N2CCCC(C(=O)Nc3ccc(C)cn3)C2)cc1Br. The molecule has 1 fully saturated rings. The Labute approximate surface area is 179 Å². The highest BCUT2D eigenvalue weighted by molar-refractivity contribution is 9.10. The lowest BCUT2D eigenvalue weighted by molar-refractivity contribution is -0.134. The number of nitrogens with zero attached hydrogens (tertiary/aromatic N) is 2. The molecule has 2 heterocycles. The number of piperidine rings is 1. The fraction of sp³-hybridized carbons (Fsp3) is 0.409. The molecule has 1 aliphatic heterocycles. The van der Waals surface area contributed by atoms with Gasteiger partial charge in [0.1, 0.15) is 11.6 Å². The lowest BCUT2D eigenvalue weighted by atomic mass is 9.96. The third-order valence-corrected chi connectivity index (χ3v) is 5.77. The molecule has 154 valence electrons. The molecule has 1 atom stereocenters. The van der Waals surface area contributed by atoms with Crippen molar-refractivity contribution in [3.63, 3.8) is 0 Å². The van der Waals surface area contributed by atoms with E-state index >= 15 is 0 Å². The number of rotatable bonds is 6. The van der Waals surface area contributed by atoms with E-state index < -0.39 is 0 Å². The van der Waals surface area contributed by atoms with Crippen LogP contribution in [0.1, 0.15) is 30.4 Å². The van der Waals surface area contributed by atoms with Gasteiger partial charge in [-0.15, -0.1) is 0 Å². The molecule has 0 saturated carbocycles. The molecule has 29 heavy (non-hydrogen) atoms. The maximum Gasteiger partial charge on any atom is 0.230 e. The predicted octanol–water partition coefficient (Wildman–Crippen LogP) is 3.97. The van der Waals surface area contributed by atoms with Gasteiger partial charge in [-0.1, -0.05) is 12.1 Å². The zero-order valence-electron chi connectivity index (χ0n) is 16.8. The number of anilines is 1. The van der Waals surface area contributed by atoms with Gasteiger partial charge in [0.15, 0.2) is 0 Å². The quantitative estimate of drug-likeness (QED) is 0.708. The van der Waals surface area contributed by atoms with Gasteiger partial charge in [0.2, 0.25) is 11.8 Å². The maximum absolute atomic E-state index is 12.7. The lowest BCUT2D eigenvalue weighted by Crippen LogP contribution is -2.43. The summed E-state index contributed by atoms with van der Waals surface area (Å²) in [4.78, 5) is 31.3. The minimum absolute atomic E-state index is 0.0714. The second kappa shape index (κ2) is 9.87. The minimum Gasteiger partial charge on any atom is -0.496 e. The molecule has 0 bridgehead atoms. The van der Waals surface area contributed by atoms with Gasteiger partial charge in [-0.3, -0.25) is 9.59 Å². The molecule has 1 aromatic heterocycles. The van der Waals surface area contributed by atoms with Crippen LogP contribution in [0.4, 0.5) is 5.82 Å². The smallest absolute Gasteiger partial charge is 0.230 e. The van der Waals surface area contributed by atoms with E-state index in [9.17, 15) is 9.59 Å². The second-order valence-electron chi connectivity index (χ2n) is 7.36. The van der Waals surface area contributed by atoms with E-state index in [0.717, 1.165) is 34.2 Å².